The number of Topliss-reactive ketones (excluding diaryl/α,β-unsaturated/α-hetero) is 1. The molecular weight excluding hydrogens is 355 g/mol. The largest absolute Gasteiger partial charge is 0.481 e. The molecule has 0 aliphatic carbocycles. The Morgan fingerprint density at radius 3 is 2.00 bits per heavy atom. The van der Waals surface area contributed by atoms with Crippen molar-refractivity contribution in [3.05, 3.63) is 28.2 Å². The van der Waals surface area contributed by atoms with Crippen LogP contribution in [0.1, 0.15) is 12.8 Å². The van der Waals surface area contributed by atoms with Crippen molar-refractivity contribution in [2.24, 2.45) is 0 Å². The number of carbonyl (C=O) groups is 4. The van der Waals surface area contributed by atoms with Gasteiger partial charge in [-0.2, -0.15) is 0 Å². The van der Waals surface area contributed by atoms with Crippen LogP contribution >= 0.6 is 23.2 Å². The number of carboxylic acid groups (broad SMARTS) is 3. The van der Waals surface area contributed by atoms with Gasteiger partial charge in [0.1, 0.15) is 5.75 Å². The van der Waals surface area contributed by atoms with Gasteiger partial charge >= 0.3 is 17.9 Å². The van der Waals surface area contributed by atoms with Crippen LogP contribution in [0.2, 0.25) is 10.0 Å². The smallest absolute Gasteiger partial charge is 0.372 e. The van der Waals surface area contributed by atoms with Crippen molar-refractivity contribution < 1.29 is 39.2 Å². The lowest BCUT2D eigenvalue weighted by Gasteiger charge is -2.04. The maximum absolute atomic E-state index is 10.2. The second-order valence-electron chi connectivity index (χ2n) is 3.88. The molecule has 0 saturated carbocycles. The van der Waals surface area contributed by atoms with Crippen molar-refractivity contribution >= 4 is 46.9 Å². The van der Waals surface area contributed by atoms with E-state index in [1.54, 1.807) is 6.07 Å². The molecule has 0 atom stereocenters. The third kappa shape index (κ3) is 10.1. The zero-order valence-corrected chi connectivity index (χ0v) is 13.0. The Morgan fingerprint density at radius 1 is 0.957 bits per heavy atom. The summed E-state index contributed by atoms with van der Waals surface area (Å²) in [5.74, 6) is -4.56. The van der Waals surface area contributed by atoms with Gasteiger partial charge in [-0.1, -0.05) is 23.2 Å². The molecule has 1 aromatic rings. The molecule has 3 N–H and O–H groups in total. The molecule has 0 fully saturated rings. The van der Waals surface area contributed by atoms with Crippen molar-refractivity contribution in [2.45, 2.75) is 12.8 Å². The van der Waals surface area contributed by atoms with Gasteiger partial charge in [0.25, 0.3) is 0 Å². The first-order chi connectivity index (χ1) is 10.6. The van der Waals surface area contributed by atoms with E-state index in [2.05, 4.69) is 0 Å². The molecule has 0 saturated heterocycles. The number of halogens is 2. The molecule has 0 bridgehead atoms. The fourth-order valence-corrected chi connectivity index (χ4v) is 1.52. The highest BCUT2D eigenvalue weighted by Gasteiger charge is 2.12. The zero-order chi connectivity index (χ0) is 18.0. The molecule has 0 amide bonds. The average molecular weight is 367 g/mol. The Labute approximate surface area is 140 Å². The summed E-state index contributed by atoms with van der Waals surface area (Å²) in [6.45, 7) is -0.415. The molecular formula is C13H12Cl2O8. The van der Waals surface area contributed by atoms with Gasteiger partial charge < -0.3 is 20.1 Å². The second kappa shape index (κ2) is 10.4. The third-order valence-electron chi connectivity index (χ3n) is 2.05. The van der Waals surface area contributed by atoms with E-state index in [1.807, 2.05) is 0 Å². The minimum absolute atomic E-state index is 0.300. The molecule has 1 rings (SSSR count). The summed E-state index contributed by atoms with van der Waals surface area (Å²) >= 11 is 11.3. The Kier molecular flexibility index (Phi) is 9.36. The van der Waals surface area contributed by atoms with E-state index < -0.39 is 43.1 Å². The van der Waals surface area contributed by atoms with Crippen molar-refractivity contribution in [3.8, 4) is 5.75 Å². The molecule has 0 spiro atoms. The molecule has 0 aliphatic heterocycles. The van der Waals surface area contributed by atoms with Crippen LogP contribution < -0.4 is 4.74 Å². The monoisotopic (exact) mass is 366 g/mol. The molecule has 8 nitrogen and oxygen atoms in total. The van der Waals surface area contributed by atoms with Crippen LogP contribution in [0.5, 0.6) is 5.75 Å². The molecule has 23 heavy (non-hydrogen) atoms. The number of hydrogen-bond donors (Lipinski definition) is 3. The molecule has 1 aromatic carbocycles. The molecule has 126 valence electrons. The van der Waals surface area contributed by atoms with Crippen LogP contribution in [-0.2, 0) is 19.2 Å². The van der Waals surface area contributed by atoms with Gasteiger partial charge in [-0.15, -0.1) is 0 Å². The summed E-state index contributed by atoms with van der Waals surface area (Å²) in [4.78, 5) is 39.9. The highest BCUT2D eigenvalue weighted by molar-refractivity contribution is 6.35. The Morgan fingerprint density at radius 2 is 1.57 bits per heavy atom. The number of ether oxygens (including phenoxy) is 1. The minimum Gasteiger partial charge on any atom is -0.481 e. The number of benzene rings is 1. The minimum atomic E-state index is -1.58. The maximum atomic E-state index is 10.2. The Hall–Kier alpha value is -2.32. The first-order valence-corrected chi connectivity index (χ1v) is 6.66. The Balaban J connectivity index is 0.000000438. The Bertz CT molecular complexity index is 600. The van der Waals surface area contributed by atoms with Crippen LogP contribution in [0.4, 0.5) is 0 Å². The van der Waals surface area contributed by atoms with E-state index in [9.17, 15) is 19.2 Å². The first kappa shape index (κ1) is 20.7. The lowest BCUT2D eigenvalue weighted by atomic mass is 10.2. The van der Waals surface area contributed by atoms with Crippen molar-refractivity contribution in [3.63, 3.8) is 0 Å². The van der Waals surface area contributed by atoms with Gasteiger partial charge in [-0.05, 0) is 18.2 Å². The van der Waals surface area contributed by atoms with E-state index in [0.29, 0.717) is 15.8 Å². The number of carboxylic acids is 3. The van der Waals surface area contributed by atoms with Crippen LogP contribution in [-0.4, -0.2) is 45.6 Å². The molecule has 0 aliphatic rings. The van der Waals surface area contributed by atoms with Gasteiger partial charge in [0, 0.05) is 11.4 Å². The summed E-state index contributed by atoms with van der Waals surface area (Å²) in [5, 5.41) is 25.1. The van der Waals surface area contributed by atoms with Gasteiger partial charge in [0.15, 0.2) is 6.61 Å². The van der Waals surface area contributed by atoms with Crippen LogP contribution in [0.15, 0.2) is 18.2 Å². The molecule has 0 heterocycles. The zero-order valence-electron chi connectivity index (χ0n) is 11.5. The lowest BCUT2D eigenvalue weighted by molar-refractivity contribution is -0.149. The molecule has 10 heteroatoms. The van der Waals surface area contributed by atoms with Gasteiger partial charge in [-0.3, -0.25) is 9.59 Å². The van der Waals surface area contributed by atoms with Gasteiger partial charge in [0.05, 0.1) is 11.4 Å². The second-order valence-corrected chi connectivity index (χ2v) is 4.72. The van der Waals surface area contributed by atoms with Crippen LogP contribution in [0.3, 0.4) is 0 Å². The van der Waals surface area contributed by atoms with E-state index >= 15 is 0 Å². The predicted molar refractivity (Wildman–Crippen MR) is 79.1 cm³/mol. The summed E-state index contributed by atoms with van der Waals surface area (Å²) in [5.41, 5.74) is 0. The predicted octanol–water partition coefficient (Wildman–Crippen LogP) is 1.96. The number of aliphatic carboxylic acids is 3. The van der Waals surface area contributed by atoms with E-state index in [4.69, 9.17) is 43.3 Å². The number of ketones is 1. The number of rotatable bonds is 7. The highest BCUT2D eigenvalue weighted by atomic mass is 35.5. The van der Waals surface area contributed by atoms with Gasteiger partial charge in [0.2, 0.25) is 5.78 Å². The average Bonchev–Trinajstić information content (AvgIpc) is 2.44. The number of carbonyl (C=O) groups excluding carboxylic acids is 1. The molecule has 0 radical (unpaired) electrons. The highest BCUT2D eigenvalue weighted by Crippen LogP contribution is 2.27. The summed E-state index contributed by atoms with van der Waals surface area (Å²) in [6, 6.07) is 4.58. The fourth-order valence-electron chi connectivity index (χ4n) is 1.06. The molecule has 0 unspecified atom stereocenters. The van der Waals surface area contributed by atoms with Crippen LogP contribution in [0, 0.1) is 0 Å². The van der Waals surface area contributed by atoms with E-state index in [-0.39, 0.29) is 0 Å². The summed E-state index contributed by atoms with van der Waals surface area (Å²) in [6.07, 6.45) is -0.865. The van der Waals surface area contributed by atoms with Crippen LogP contribution in [0.25, 0.3) is 0 Å². The van der Waals surface area contributed by atoms with Crippen molar-refractivity contribution in [1.82, 2.24) is 0 Å². The SMILES string of the molecule is O=C(O)CCC(=O)C(=O)O.O=C(O)COc1ccc(Cl)cc1Cl. The standard InChI is InChI=1S/C8H6Cl2O3.C5H6O5/c9-5-1-2-7(6(10)3-5)13-4-8(11)12;6-3(5(9)10)1-2-4(7)8/h1-3H,4H2,(H,11,12);1-2H2,(H,7,8)(H,9,10). The normalized spacial score (nSPS) is 9.30. The third-order valence-corrected chi connectivity index (χ3v) is 2.58. The molecule has 0 aromatic heterocycles. The van der Waals surface area contributed by atoms with E-state index in [1.165, 1.54) is 12.1 Å². The topological polar surface area (TPSA) is 138 Å². The van der Waals surface area contributed by atoms with E-state index in [0.717, 1.165) is 0 Å². The maximum Gasteiger partial charge on any atom is 0.372 e. The summed E-state index contributed by atoms with van der Waals surface area (Å²) < 4.78 is 4.86. The van der Waals surface area contributed by atoms with Crippen molar-refractivity contribution in [1.29, 1.82) is 0 Å². The number of hydrogen-bond acceptors (Lipinski definition) is 5. The quantitative estimate of drug-likeness (QED) is 0.622. The van der Waals surface area contributed by atoms with Gasteiger partial charge in [-0.25, -0.2) is 9.59 Å². The van der Waals surface area contributed by atoms with Crippen molar-refractivity contribution in [2.75, 3.05) is 6.61 Å². The summed E-state index contributed by atoms with van der Waals surface area (Å²) in [7, 11) is 0. The lowest BCUT2D eigenvalue weighted by Crippen LogP contribution is -2.13. The fraction of sp³-hybridized carbons (Fsp3) is 0.231. The first-order valence-electron chi connectivity index (χ1n) is 5.91.